The van der Waals surface area contributed by atoms with Gasteiger partial charge < -0.3 is 19.4 Å². The van der Waals surface area contributed by atoms with Gasteiger partial charge >= 0.3 is 0 Å². The molecule has 1 aromatic carbocycles. The molecular formula is C21H25FO4. The van der Waals surface area contributed by atoms with E-state index in [0.717, 1.165) is 45.0 Å². The fourth-order valence-electron chi connectivity index (χ4n) is 7.92. The number of hydrogen-bond donors (Lipinski definition) is 1. The molecule has 2 bridgehead atoms. The third-order valence-corrected chi connectivity index (χ3v) is 8.38. The van der Waals surface area contributed by atoms with Crippen LogP contribution in [0.3, 0.4) is 0 Å². The number of carbonyl (C=O) groups excluding carboxylic acids is 1. The molecule has 1 saturated heterocycles. The summed E-state index contributed by atoms with van der Waals surface area (Å²) < 4.78 is 25.7. The van der Waals surface area contributed by atoms with E-state index in [-0.39, 0.29) is 17.0 Å². The zero-order valence-electron chi connectivity index (χ0n) is 15.0. The maximum absolute atomic E-state index is 13.4. The molecule has 2 spiro atoms. The van der Waals surface area contributed by atoms with Gasteiger partial charge in [0.2, 0.25) is 0 Å². The van der Waals surface area contributed by atoms with Crippen molar-refractivity contribution in [3.8, 4) is 0 Å². The third kappa shape index (κ3) is 1.56. The second kappa shape index (κ2) is 5.37. The Kier molecular flexibility index (Phi) is 3.48. The van der Waals surface area contributed by atoms with Gasteiger partial charge in [-0.1, -0.05) is 12.1 Å². The van der Waals surface area contributed by atoms with Crippen LogP contribution >= 0.6 is 0 Å². The first kappa shape index (κ1) is 16.8. The van der Waals surface area contributed by atoms with Gasteiger partial charge in [0, 0.05) is 30.8 Å². The summed E-state index contributed by atoms with van der Waals surface area (Å²) >= 11 is 0. The van der Waals surface area contributed by atoms with Gasteiger partial charge in [0.05, 0.1) is 13.2 Å². The molecule has 1 heterocycles. The van der Waals surface area contributed by atoms with Gasteiger partial charge in [0.15, 0.2) is 5.79 Å². The van der Waals surface area contributed by atoms with Gasteiger partial charge in [-0.2, -0.15) is 0 Å². The number of rotatable bonds is 3. The van der Waals surface area contributed by atoms with Gasteiger partial charge in [-0.3, -0.25) is 0 Å². The highest BCUT2D eigenvalue weighted by molar-refractivity contribution is 5.58. The Labute approximate surface area is 152 Å². The van der Waals surface area contributed by atoms with E-state index in [0.29, 0.717) is 35.5 Å². The Balaban J connectivity index is 0.000000727. The SMILES string of the molecule is CO.O=CCC1(c2ccc(F)cc2)C2CC3CC24C(CC14)C31OCCO1. The standard InChI is InChI=1S/C20H21FO3.CH4O/c21-14-3-1-12(2-4-14)18(5-6-22)15-9-13-11-19(15)16(18)10-17(19)20(13)23-7-8-24-20;1-2/h1-4,6,13,15-17H,5,7-11H2;2H,1H3. The quantitative estimate of drug-likeness (QED) is 0.842. The Morgan fingerprint density at radius 1 is 1.12 bits per heavy atom. The molecule has 5 fully saturated rings. The van der Waals surface area contributed by atoms with Gasteiger partial charge in [0.1, 0.15) is 12.1 Å². The minimum absolute atomic E-state index is 0.0824. The molecule has 5 aliphatic rings. The number of ether oxygens (including phenoxy) is 2. The summed E-state index contributed by atoms with van der Waals surface area (Å²) in [7, 11) is 1.00. The fourth-order valence-corrected chi connectivity index (χ4v) is 7.92. The number of aliphatic hydroxyl groups is 1. The molecule has 6 unspecified atom stereocenters. The molecule has 4 aliphatic carbocycles. The summed E-state index contributed by atoms with van der Waals surface area (Å²) in [6.45, 7) is 1.44. The van der Waals surface area contributed by atoms with E-state index in [2.05, 4.69) is 0 Å². The Morgan fingerprint density at radius 3 is 2.42 bits per heavy atom. The Morgan fingerprint density at radius 2 is 1.77 bits per heavy atom. The van der Waals surface area contributed by atoms with Crippen molar-refractivity contribution < 1.29 is 23.8 Å². The van der Waals surface area contributed by atoms with Crippen LogP contribution in [0.15, 0.2) is 24.3 Å². The minimum Gasteiger partial charge on any atom is -0.400 e. The van der Waals surface area contributed by atoms with Crippen LogP contribution < -0.4 is 0 Å². The van der Waals surface area contributed by atoms with Crippen LogP contribution in [0.1, 0.15) is 31.2 Å². The van der Waals surface area contributed by atoms with Gasteiger partial charge in [-0.15, -0.1) is 0 Å². The van der Waals surface area contributed by atoms with E-state index in [9.17, 15) is 9.18 Å². The van der Waals surface area contributed by atoms with E-state index in [1.165, 1.54) is 6.42 Å². The molecule has 4 nitrogen and oxygen atoms in total. The average Bonchev–Trinajstić information content (AvgIpc) is 3.33. The maximum atomic E-state index is 13.4. The third-order valence-electron chi connectivity index (χ3n) is 8.38. The van der Waals surface area contributed by atoms with E-state index >= 15 is 0 Å². The summed E-state index contributed by atoms with van der Waals surface area (Å²) in [5.74, 6) is 1.49. The van der Waals surface area contributed by atoms with Crippen molar-refractivity contribution in [1.82, 2.24) is 0 Å². The largest absolute Gasteiger partial charge is 0.400 e. The number of hydrogen-bond acceptors (Lipinski definition) is 4. The Bertz CT molecular complexity index is 728. The summed E-state index contributed by atoms with van der Waals surface area (Å²) in [5.41, 5.74) is 1.39. The number of aldehydes is 1. The van der Waals surface area contributed by atoms with E-state index in [1.807, 2.05) is 12.1 Å². The van der Waals surface area contributed by atoms with Gasteiger partial charge in [-0.25, -0.2) is 4.39 Å². The fraction of sp³-hybridized carbons (Fsp3) is 0.667. The van der Waals surface area contributed by atoms with Crippen LogP contribution in [-0.4, -0.2) is 37.5 Å². The first-order valence-corrected chi connectivity index (χ1v) is 9.61. The van der Waals surface area contributed by atoms with Crippen LogP contribution in [0, 0.1) is 34.9 Å². The maximum Gasteiger partial charge on any atom is 0.174 e. The summed E-state index contributed by atoms with van der Waals surface area (Å²) in [6.07, 6.45) is 4.99. The topological polar surface area (TPSA) is 55.8 Å². The van der Waals surface area contributed by atoms with Crippen molar-refractivity contribution in [3.63, 3.8) is 0 Å². The lowest BCUT2D eigenvalue weighted by Crippen LogP contribution is -2.77. The minimum atomic E-state index is -0.316. The van der Waals surface area contributed by atoms with Crippen LogP contribution in [0.25, 0.3) is 0 Å². The molecule has 1 aromatic rings. The molecule has 0 aromatic heterocycles. The predicted octanol–water partition coefficient (Wildman–Crippen LogP) is 2.68. The normalized spacial score (nSPS) is 45.3. The van der Waals surface area contributed by atoms with Crippen LogP contribution in [-0.2, 0) is 19.7 Å². The highest BCUT2D eigenvalue weighted by Gasteiger charge is 2.89. The van der Waals surface area contributed by atoms with Crippen LogP contribution in [0.5, 0.6) is 0 Å². The number of fused-ring (bicyclic) bond motifs is 3. The number of benzene rings is 1. The molecule has 4 saturated carbocycles. The highest BCUT2D eigenvalue weighted by Crippen LogP contribution is 2.90. The molecule has 0 radical (unpaired) electrons. The molecular weight excluding hydrogens is 335 g/mol. The lowest BCUT2D eigenvalue weighted by Gasteiger charge is -2.78. The molecule has 140 valence electrons. The lowest BCUT2D eigenvalue weighted by atomic mass is 9.26. The van der Waals surface area contributed by atoms with Crippen molar-refractivity contribution in [2.75, 3.05) is 20.3 Å². The summed E-state index contributed by atoms with van der Waals surface area (Å²) in [5, 5.41) is 7.00. The number of carbonyl (C=O) groups is 1. The van der Waals surface area contributed by atoms with E-state index in [1.54, 1.807) is 12.1 Å². The number of halogens is 1. The lowest BCUT2D eigenvalue weighted by molar-refractivity contribution is -0.341. The van der Waals surface area contributed by atoms with Crippen LogP contribution in [0.2, 0.25) is 0 Å². The van der Waals surface area contributed by atoms with Crippen molar-refractivity contribution in [3.05, 3.63) is 35.6 Å². The second-order valence-corrected chi connectivity index (χ2v) is 8.48. The molecule has 5 heteroatoms. The summed E-state index contributed by atoms with van der Waals surface area (Å²) in [4.78, 5) is 11.5. The van der Waals surface area contributed by atoms with E-state index in [4.69, 9.17) is 14.6 Å². The first-order valence-electron chi connectivity index (χ1n) is 9.61. The molecule has 1 aliphatic heterocycles. The summed E-state index contributed by atoms with van der Waals surface area (Å²) in [6, 6.07) is 6.90. The second-order valence-electron chi connectivity index (χ2n) is 8.48. The zero-order valence-corrected chi connectivity index (χ0v) is 15.0. The van der Waals surface area contributed by atoms with Crippen LogP contribution in [0.4, 0.5) is 4.39 Å². The monoisotopic (exact) mass is 360 g/mol. The van der Waals surface area contributed by atoms with Crippen molar-refractivity contribution >= 4 is 6.29 Å². The first-order chi connectivity index (χ1) is 12.7. The highest BCUT2D eigenvalue weighted by atomic mass is 19.1. The zero-order chi connectivity index (χ0) is 18.2. The molecule has 26 heavy (non-hydrogen) atoms. The Hall–Kier alpha value is -1.30. The molecule has 6 atom stereocenters. The smallest absolute Gasteiger partial charge is 0.174 e. The molecule has 1 N–H and O–H groups in total. The molecule has 0 amide bonds. The average molecular weight is 360 g/mol. The van der Waals surface area contributed by atoms with E-state index < -0.39 is 0 Å². The predicted molar refractivity (Wildman–Crippen MR) is 91.8 cm³/mol. The van der Waals surface area contributed by atoms with Crippen molar-refractivity contribution in [2.24, 2.45) is 29.1 Å². The molecule has 6 rings (SSSR count). The number of aliphatic hydroxyl groups excluding tert-OH is 1. The van der Waals surface area contributed by atoms with Crippen molar-refractivity contribution in [1.29, 1.82) is 0 Å². The van der Waals surface area contributed by atoms with Gasteiger partial charge in [0.25, 0.3) is 0 Å². The van der Waals surface area contributed by atoms with Gasteiger partial charge in [-0.05, 0) is 54.2 Å². The van der Waals surface area contributed by atoms with Crippen molar-refractivity contribution in [2.45, 2.75) is 36.9 Å².